The Morgan fingerprint density at radius 1 is 1.20 bits per heavy atom. The van der Waals surface area contributed by atoms with Crippen LogP contribution in [-0.4, -0.2) is 40.3 Å². The lowest BCUT2D eigenvalue weighted by molar-refractivity contribution is -0.384. The molecule has 0 atom stereocenters. The summed E-state index contributed by atoms with van der Waals surface area (Å²) in [6, 6.07) is 12.1. The van der Waals surface area contributed by atoms with Crippen molar-refractivity contribution in [1.29, 1.82) is 0 Å². The van der Waals surface area contributed by atoms with Crippen LogP contribution in [-0.2, 0) is 4.79 Å². The van der Waals surface area contributed by atoms with Crippen molar-refractivity contribution >= 4 is 46.0 Å². The van der Waals surface area contributed by atoms with Crippen LogP contribution in [0.2, 0.25) is 0 Å². The number of nitro benzene ring substituents is 1. The average molecular weight is 445 g/mol. The number of carbonyl (C=O) groups excluding carboxylic acids is 1. The highest BCUT2D eigenvalue weighted by molar-refractivity contribution is 8.26. The van der Waals surface area contributed by atoms with E-state index in [1.165, 1.54) is 23.1 Å². The van der Waals surface area contributed by atoms with Gasteiger partial charge in [-0.2, -0.15) is 0 Å². The number of benzene rings is 2. The summed E-state index contributed by atoms with van der Waals surface area (Å²) in [6.45, 7) is 2.83. The van der Waals surface area contributed by atoms with Crippen molar-refractivity contribution < 1.29 is 19.2 Å². The number of hydrogen-bond acceptors (Lipinski definition) is 7. The van der Waals surface area contributed by atoms with Crippen LogP contribution in [0.5, 0.6) is 11.5 Å². The van der Waals surface area contributed by atoms with Gasteiger partial charge in [-0.1, -0.05) is 36.1 Å². The molecule has 0 unspecified atom stereocenters. The van der Waals surface area contributed by atoms with E-state index in [-0.39, 0.29) is 11.6 Å². The first kappa shape index (κ1) is 21.8. The van der Waals surface area contributed by atoms with Crippen molar-refractivity contribution in [3.05, 3.63) is 68.6 Å². The van der Waals surface area contributed by atoms with Crippen molar-refractivity contribution in [2.24, 2.45) is 0 Å². The van der Waals surface area contributed by atoms with E-state index >= 15 is 0 Å². The number of nitro groups is 1. The third-order valence-electron chi connectivity index (χ3n) is 4.28. The lowest BCUT2D eigenvalue weighted by Gasteiger charge is -2.11. The SMILES string of the molecule is Cc1cccc(OCCCOc2ccc([N+](=O)[O-])cc2C=C2SC(=S)N(C)C2=O)c1. The highest BCUT2D eigenvalue weighted by Crippen LogP contribution is 2.34. The Balaban J connectivity index is 1.67. The summed E-state index contributed by atoms with van der Waals surface area (Å²) in [6.07, 6.45) is 2.20. The Bertz CT molecular complexity index is 1020. The molecule has 30 heavy (non-hydrogen) atoms. The van der Waals surface area contributed by atoms with Crippen LogP contribution in [0.4, 0.5) is 5.69 Å². The number of amides is 1. The van der Waals surface area contributed by atoms with Gasteiger partial charge in [-0.3, -0.25) is 19.8 Å². The summed E-state index contributed by atoms with van der Waals surface area (Å²) in [7, 11) is 1.59. The summed E-state index contributed by atoms with van der Waals surface area (Å²) >= 11 is 6.29. The van der Waals surface area contributed by atoms with Gasteiger partial charge in [0.2, 0.25) is 0 Å². The van der Waals surface area contributed by atoms with E-state index in [2.05, 4.69) is 0 Å². The third kappa shape index (κ3) is 5.37. The van der Waals surface area contributed by atoms with Crippen LogP contribution in [0, 0.1) is 17.0 Å². The maximum Gasteiger partial charge on any atom is 0.270 e. The van der Waals surface area contributed by atoms with Crippen molar-refractivity contribution in [1.82, 2.24) is 4.90 Å². The third-order valence-corrected chi connectivity index (χ3v) is 5.77. The predicted octanol–water partition coefficient (Wildman–Crippen LogP) is 4.58. The molecular weight excluding hydrogens is 424 g/mol. The van der Waals surface area contributed by atoms with Gasteiger partial charge < -0.3 is 9.47 Å². The second-order valence-corrected chi connectivity index (χ2v) is 8.26. The number of likely N-dealkylation sites (N-methyl/N-ethyl adjacent to an activating group) is 1. The molecule has 2 aromatic carbocycles. The van der Waals surface area contributed by atoms with Crippen LogP contribution < -0.4 is 9.47 Å². The summed E-state index contributed by atoms with van der Waals surface area (Å²) in [4.78, 5) is 24.7. The van der Waals surface area contributed by atoms with Gasteiger partial charge in [-0.15, -0.1) is 0 Å². The lowest BCUT2D eigenvalue weighted by Crippen LogP contribution is -2.22. The first-order valence-corrected chi connectivity index (χ1v) is 10.4. The molecule has 156 valence electrons. The smallest absolute Gasteiger partial charge is 0.270 e. The molecule has 1 fully saturated rings. The molecule has 1 saturated heterocycles. The van der Waals surface area contributed by atoms with Gasteiger partial charge in [-0.25, -0.2) is 0 Å². The summed E-state index contributed by atoms with van der Waals surface area (Å²) in [5.41, 5.74) is 1.50. The zero-order valence-electron chi connectivity index (χ0n) is 16.5. The quantitative estimate of drug-likeness (QED) is 0.194. The van der Waals surface area contributed by atoms with Crippen LogP contribution in [0.25, 0.3) is 6.08 Å². The Hall–Kier alpha value is -2.91. The molecule has 3 rings (SSSR count). The maximum atomic E-state index is 12.3. The van der Waals surface area contributed by atoms with Crippen LogP contribution in [0.1, 0.15) is 17.5 Å². The van der Waals surface area contributed by atoms with Gasteiger partial charge in [-0.05, 0) is 36.8 Å². The molecule has 7 nitrogen and oxygen atoms in total. The summed E-state index contributed by atoms with van der Waals surface area (Å²) in [5, 5.41) is 11.2. The molecule has 0 N–H and O–H groups in total. The number of non-ortho nitro benzene ring substituents is 1. The molecular formula is C21H20N2O5S2. The lowest BCUT2D eigenvalue weighted by atomic mass is 10.1. The van der Waals surface area contributed by atoms with E-state index in [1.54, 1.807) is 13.1 Å². The number of hydrogen-bond donors (Lipinski definition) is 0. The number of rotatable bonds is 8. The maximum absolute atomic E-state index is 12.3. The number of carbonyl (C=O) groups is 1. The standard InChI is InChI=1S/C21H20N2O5S2/c1-14-5-3-6-17(11-14)27-9-4-10-28-18-8-7-16(23(25)26)12-15(18)13-19-20(24)22(2)21(29)30-19/h3,5-8,11-13H,4,9-10H2,1-2H3. The minimum Gasteiger partial charge on any atom is -0.493 e. The van der Waals surface area contributed by atoms with E-state index < -0.39 is 4.92 Å². The van der Waals surface area contributed by atoms with Gasteiger partial charge in [0, 0.05) is 31.2 Å². The molecule has 0 aromatic heterocycles. The zero-order chi connectivity index (χ0) is 21.7. The number of thioether (sulfide) groups is 1. The van der Waals surface area contributed by atoms with E-state index in [4.69, 9.17) is 21.7 Å². The molecule has 2 aromatic rings. The van der Waals surface area contributed by atoms with Gasteiger partial charge >= 0.3 is 0 Å². The molecule has 0 radical (unpaired) electrons. The summed E-state index contributed by atoms with van der Waals surface area (Å²) in [5.74, 6) is 1.01. The minimum absolute atomic E-state index is 0.0802. The van der Waals surface area contributed by atoms with E-state index in [1.807, 2.05) is 31.2 Å². The average Bonchev–Trinajstić information content (AvgIpc) is 2.95. The largest absolute Gasteiger partial charge is 0.493 e. The van der Waals surface area contributed by atoms with Crippen LogP contribution >= 0.6 is 24.0 Å². The number of ether oxygens (including phenoxy) is 2. The van der Waals surface area contributed by atoms with Gasteiger partial charge in [0.25, 0.3) is 11.6 Å². The first-order valence-electron chi connectivity index (χ1n) is 9.17. The van der Waals surface area contributed by atoms with Crippen molar-refractivity contribution in [3.63, 3.8) is 0 Å². The van der Waals surface area contributed by atoms with Crippen molar-refractivity contribution in [3.8, 4) is 11.5 Å². The first-order chi connectivity index (χ1) is 14.3. The van der Waals surface area contributed by atoms with Crippen molar-refractivity contribution in [2.45, 2.75) is 13.3 Å². The van der Waals surface area contributed by atoms with E-state index in [9.17, 15) is 14.9 Å². The molecule has 1 aliphatic rings. The highest BCUT2D eigenvalue weighted by atomic mass is 32.2. The molecule has 0 saturated carbocycles. The minimum atomic E-state index is -0.484. The molecule has 1 aliphatic heterocycles. The Kier molecular flexibility index (Phi) is 7.07. The fourth-order valence-corrected chi connectivity index (χ4v) is 3.89. The fraction of sp³-hybridized carbons (Fsp3) is 0.238. The van der Waals surface area contributed by atoms with E-state index in [0.29, 0.717) is 40.2 Å². The fourth-order valence-electron chi connectivity index (χ4n) is 2.72. The second kappa shape index (κ2) is 9.73. The molecule has 1 heterocycles. The van der Waals surface area contributed by atoms with Crippen LogP contribution in [0.3, 0.4) is 0 Å². The van der Waals surface area contributed by atoms with Gasteiger partial charge in [0.05, 0.1) is 23.0 Å². The van der Waals surface area contributed by atoms with Gasteiger partial charge in [0.1, 0.15) is 15.8 Å². The van der Waals surface area contributed by atoms with Crippen molar-refractivity contribution in [2.75, 3.05) is 20.3 Å². The molecule has 0 spiro atoms. The summed E-state index contributed by atoms with van der Waals surface area (Å²) < 4.78 is 12.0. The monoisotopic (exact) mass is 444 g/mol. The molecule has 0 aliphatic carbocycles. The number of aryl methyl sites for hydroxylation is 1. The Labute approximate surface area is 183 Å². The number of nitrogens with zero attached hydrogens (tertiary/aromatic N) is 2. The predicted molar refractivity (Wildman–Crippen MR) is 121 cm³/mol. The Morgan fingerprint density at radius 3 is 2.63 bits per heavy atom. The van der Waals surface area contributed by atoms with E-state index in [0.717, 1.165) is 23.1 Å². The Morgan fingerprint density at radius 2 is 1.97 bits per heavy atom. The normalized spacial score (nSPS) is 15.0. The highest BCUT2D eigenvalue weighted by Gasteiger charge is 2.29. The van der Waals surface area contributed by atoms with Gasteiger partial charge in [0.15, 0.2) is 0 Å². The van der Waals surface area contributed by atoms with Crippen LogP contribution in [0.15, 0.2) is 47.4 Å². The molecule has 1 amide bonds. The molecule has 0 bridgehead atoms. The number of thiocarbonyl (C=S) groups is 1. The zero-order valence-corrected chi connectivity index (χ0v) is 18.1. The topological polar surface area (TPSA) is 81.9 Å². The second-order valence-electron chi connectivity index (χ2n) is 6.59. The molecule has 9 heteroatoms.